The van der Waals surface area contributed by atoms with Gasteiger partial charge >= 0.3 is 0 Å². The first kappa shape index (κ1) is 7.99. The molecule has 0 saturated heterocycles. The molecular formula is C10H14O2. The second-order valence-electron chi connectivity index (χ2n) is 4.21. The molecule has 1 saturated carbocycles. The van der Waals surface area contributed by atoms with Gasteiger partial charge in [-0.15, -0.1) is 0 Å². The summed E-state index contributed by atoms with van der Waals surface area (Å²) in [6, 6.07) is 0. The first-order chi connectivity index (χ1) is 5.62. The van der Waals surface area contributed by atoms with Gasteiger partial charge in [0, 0.05) is 0 Å². The van der Waals surface area contributed by atoms with E-state index in [4.69, 9.17) is 0 Å². The van der Waals surface area contributed by atoms with Gasteiger partial charge in [0.1, 0.15) is 6.10 Å². The molecule has 0 bridgehead atoms. The molecule has 0 heterocycles. The quantitative estimate of drug-likeness (QED) is 0.591. The number of aliphatic hydroxyl groups excluding tert-OH is 1. The van der Waals surface area contributed by atoms with Gasteiger partial charge < -0.3 is 5.11 Å². The van der Waals surface area contributed by atoms with E-state index in [1.807, 2.05) is 0 Å². The molecule has 1 fully saturated rings. The van der Waals surface area contributed by atoms with Crippen molar-refractivity contribution in [2.45, 2.75) is 38.7 Å². The number of hydrogen-bond acceptors (Lipinski definition) is 2. The van der Waals surface area contributed by atoms with Gasteiger partial charge in [0.2, 0.25) is 0 Å². The molecule has 66 valence electrons. The third-order valence-electron chi connectivity index (χ3n) is 3.24. The molecule has 2 aliphatic carbocycles. The highest BCUT2D eigenvalue weighted by Crippen LogP contribution is 2.48. The van der Waals surface area contributed by atoms with Crippen molar-refractivity contribution in [3.8, 4) is 0 Å². The smallest absolute Gasteiger partial charge is 0.184 e. The summed E-state index contributed by atoms with van der Waals surface area (Å²) >= 11 is 0. The minimum absolute atomic E-state index is 0.0932. The molecule has 0 radical (unpaired) electrons. The fourth-order valence-corrected chi connectivity index (χ4v) is 2.41. The zero-order valence-electron chi connectivity index (χ0n) is 7.34. The van der Waals surface area contributed by atoms with Crippen molar-refractivity contribution in [2.24, 2.45) is 5.41 Å². The van der Waals surface area contributed by atoms with Crippen LogP contribution >= 0.6 is 0 Å². The lowest BCUT2D eigenvalue weighted by Gasteiger charge is -2.31. The summed E-state index contributed by atoms with van der Waals surface area (Å²) < 4.78 is 0. The van der Waals surface area contributed by atoms with Crippen molar-refractivity contribution < 1.29 is 9.90 Å². The molecule has 0 aliphatic heterocycles. The van der Waals surface area contributed by atoms with Gasteiger partial charge in [0.05, 0.1) is 0 Å². The minimum atomic E-state index is -0.739. The van der Waals surface area contributed by atoms with E-state index in [1.54, 1.807) is 6.08 Å². The second kappa shape index (κ2) is 2.43. The summed E-state index contributed by atoms with van der Waals surface area (Å²) in [5, 5.41) is 9.40. The SMILES string of the molecule is C[C@]12CCCC1=CC(=O)[C@@H](O)C2. The molecule has 1 N–H and O–H groups in total. The van der Waals surface area contributed by atoms with E-state index in [9.17, 15) is 9.90 Å². The molecule has 0 amide bonds. The number of fused-ring (bicyclic) bond motifs is 1. The standard InChI is InChI=1S/C10H14O2/c1-10-4-2-3-7(10)5-8(11)9(12)6-10/h5,9,12H,2-4,6H2,1H3/t9-,10+/m0/s1. The third kappa shape index (κ3) is 1.02. The molecule has 0 aromatic heterocycles. The van der Waals surface area contributed by atoms with Crippen LogP contribution in [-0.2, 0) is 4.79 Å². The number of aliphatic hydroxyl groups is 1. The van der Waals surface area contributed by atoms with Crippen LogP contribution in [0.4, 0.5) is 0 Å². The average Bonchev–Trinajstić information content (AvgIpc) is 2.32. The largest absolute Gasteiger partial charge is 0.385 e. The Morgan fingerprint density at radius 1 is 1.67 bits per heavy atom. The predicted molar refractivity (Wildman–Crippen MR) is 45.7 cm³/mol. The fourth-order valence-electron chi connectivity index (χ4n) is 2.41. The Labute approximate surface area is 72.3 Å². The monoisotopic (exact) mass is 166 g/mol. The number of rotatable bonds is 0. The van der Waals surface area contributed by atoms with Gasteiger partial charge in [-0.25, -0.2) is 0 Å². The van der Waals surface area contributed by atoms with Crippen LogP contribution in [-0.4, -0.2) is 17.0 Å². The van der Waals surface area contributed by atoms with Crippen molar-refractivity contribution in [1.82, 2.24) is 0 Å². The normalized spacial score (nSPS) is 41.0. The van der Waals surface area contributed by atoms with Gasteiger partial charge in [0.15, 0.2) is 5.78 Å². The molecule has 0 spiro atoms. The molecule has 2 atom stereocenters. The van der Waals surface area contributed by atoms with E-state index in [0.29, 0.717) is 6.42 Å². The maximum atomic E-state index is 11.2. The number of carbonyl (C=O) groups is 1. The van der Waals surface area contributed by atoms with Gasteiger partial charge in [-0.05, 0) is 37.2 Å². The van der Waals surface area contributed by atoms with Crippen LogP contribution in [0.3, 0.4) is 0 Å². The Balaban J connectivity index is 2.35. The van der Waals surface area contributed by atoms with Gasteiger partial charge in [0.25, 0.3) is 0 Å². The lowest BCUT2D eigenvalue weighted by molar-refractivity contribution is -0.124. The maximum Gasteiger partial charge on any atom is 0.184 e. The minimum Gasteiger partial charge on any atom is -0.385 e. The zero-order chi connectivity index (χ0) is 8.77. The Kier molecular flexibility index (Phi) is 1.62. The summed E-state index contributed by atoms with van der Waals surface area (Å²) in [4.78, 5) is 11.2. The van der Waals surface area contributed by atoms with Crippen molar-refractivity contribution in [3.05, 3.63) is 11.6 Å². The maximum absolute atomic E-state index is 11.2. The summed E-state index contributed by atoms with van der Waals surface area (Å²) in [7, 11) is 0. The van der Waals surface area contributed by atoms with Crippen LogP contribution in [0.25, 0.3) is 0 Å². The number of ketones is 1. The van der Waals surface area contributed by atoms with E-state index in [0.717, 1.165) is 12.8 Å². The lowest BCUT2D eigenvalue weighted by Crippen LogP contribution is -2.32. The van der Waals surface area contributed by atoms with Gasteiger partial charge in [-0.3, -0.25) is 4.79 Å². The van der Waals surface area contributed by atoms with E-state index < -0.39 is 6.10 Å². The first-order valence-corrected chi connectivity index (χ1v) is 4.55. The fraction of sp³-hybridized carbons (Fsp3) is 0.700. The Morgan fingerprint density at radius 3 is 3.17 bits per heavy atom. The molecule has 2 aliphatic rings. The van der Waals surface area contributed by atoms with E-state index in [2.05, 4.69) is 6.92 Å². The summed E-state index contributed by atoms with van der Waals surface area (Å²) in [6.45, 7) is 2.15. The molecule has 0 aromatic rings. The van der Waals surface area contributed by atoms with Gasteiger partial charge in [-0.2, -0.15) is 0 Å². The Hall–Kier alpha value is -0.630. The molecule has 12 heavy (non-hydrogen) atoms. The second-order valence-corrected chi connectivity index (χ2v) is 4.21. The molecular weight excluding hydrogens is 152 g/mol. The highest BCUT2D eigenvalue weighted by molar-refractivity contribution is 5.95. The van der Waals surface area contributed by atoms with Crippen LogP contribution in [0, 0.1) is 5.41 Å². The first-order valence-electron chi connectivity index (χ1n) is 4.55. The summed E-state index contributed by atoms with van der Waals surface area (Å²) in [5.74, 6) is -0.0932. The van der Waals surface area contributed by atoms with Crippen molar-refractivity contribution in [2.75, 3.05) is 0 Å². The number of hydrogen-bond donors (Lipinski definition) is 1. The number of allylic oxidation sites excluding steroid dienone is 1. The van der Waals surface area contributed by atoms with Crippen LogP contribution < -0.4 is 0 Å². The van der Waals surface area contributed by atoms with Crippen LogP contribution in [0.15, 0.2) is 11.6 Å². The van der Waals surface area contributed by atoms with Crippen molar-refractivity contribution >= 4 is 5.78 Å². The lowest BCUT2D eigenvalue weighted by atomic mass is 9.74. The summed E-state index contributed by atoms with van der Waals surface area (Å²) in [5.41, 5.74) is 1.39. The topological polar surface area (TPSA) is 37.3 Å². The Morgan fingerprint density at radius 2 is 2.42 bits per heavy atom. The highest BCUT2D eigenvalue weighted by Gasteiger charge is 2.40. The van der Waals surface area contributed by atoms with Crippen LogP contribution in [0.5, 0.6) is 0 Å². The van der Waals surface area contributed by atoms with Gasteiger partial charge in [-0.1, -0.05) is 12.5 Å². The van der Waals surface area contributed by atoms with E-state index in [-0.39, 0.29) is 11.2 Å². The van der Waals surface area contributed by atoms with Crippen LogP contribution in [0.2, 0.25) is 0 Å². The average molecular weight is 166 g/mol. The van der Waals surface area contributed by atoms with E-state index >= 15 is 0 Å². The molecule has 2 rings (SSSR count). The highest BCUT2D eigenvalue weighted by atomic mass is 16.3. The van der Waals surface area contributed by atoms with Crippen molar-refractivity contribution in [3.63, 3.8) is 0 Å². The predicted octanol–water partition coefficient (Wildman–Crippen LogP) is 1.44. The molecule has 0 aromatic carbocycles. The molecule has 2 heteroatoms. The van der Waals surface area contributed by atoms with Crippen LogP contribution in [0.1, 0.15) is 32.6 Å². The zero-order valence-corrected chi connectivity index (χ0v) is 7.34. The molecule has 2 nitrogen and oxygen atoms in total. The Bertz CT molecular complexity index is 255. The van der Waals surface area contributed by atoms with E-state index in [1.165, 1.54) is 12.0 Å². The number of carbonyl (C=O) groups excluding carboxylic acids is 1. The third-order valence-corrected chi connectivity index (χ3v) is 3.24. The molecule has 0 unspecified atom stereocenters. The summed E-state index contributed by atoms with van der Waals surface area (Å²) in [6.07, 6.45) is 4.91. The van der Waals surface area contributed by atoms with Crippen molar-refractivity contribution in [1.29, 1.82) is 0 Å².